The van der Waals surface area contributed by atoms with E-state index in [2.05, 4.69) is 9.98 Å². The SMILES string of the molecule is CSC1=NC(=O)/C(=C\c2ccc(-c3ncc(C(F)(F)F)cc3Cl)cc2)S1. The number of pyridine rings is 1. The van der Waals surface area contributed by atoms with E-state index in [0.717, 1.165) is 17.8 Å². The van der Waals surface area contributed by atoms with Crippen molar-refractivity contribution in [2.45, 2.75) is 6.18 Å². The molecule has 0 aliphatic carbocycles. The molecule has 0 N–H and O–H groups in total. The number of hydrogen-bond acceptors (Lipinski definition) is 4. The van der Waals surface area contributed by atoms with Gasteiger partial charge in [-0.3, -0.25) is 9.78 Å². The van der Waals surface area contributed by atoms with Crippen molar-refractivity contribution in [1.82, 2.24) is 4.98 Å². The van der Waals surface area contributed by atoms with Gasteiger partial charge in [-0.2, -0.15) is 18.2 Å². The van der Waals surface area contributed by atoms with Gasteiger partial charge in [-0.1, -0.05) is 47.6 Å². The number of alkyl halides is 3. The molecule has 2 aromatic rings. The molecule has 134 valence electrons. The van der Waals surface area contributed by atoms with Gasteiger partial charge in [-0.05, 0) is 24.0 Å². The molecule has 3 rings (SSSR count). The first-order valence-corrected chi connectivity index (χ1v) is 9.59. The highest BCUT2D eigenvalue weighted by Gasteiger charge is 2.31. The zero-order valence-electron chi connectivity index (χ0n) is 13.2. The quantitative estimate of drug-likeness (QED) is 0.586. The predicted octanol–water partition coefficient (Wildman–Crippen LogP) is 5.75. The summed E-state index contributed by atoms with van der Waals surface area (Å²) in [6, 6.07) is 7.71. The number of aromatic nitrogens is 1. The van der Waals surface area contributed by atoms with Crippen LogP contribution in [0.5, 0.6) is 0 Å². The highest BCUT2D eigenvalue weighted by molar-refractivity contribution is 8.40. The summed E-state index contributed by atoms with van der Waals surface area (Å²) in [6.45, 7) is 0. The Morgan fingerprint density at radius 1 is 1.23 bits per heavy atom. The second-order valence-electron chi connectivity index (χ2n) is 5.17. The van der Waals surface area contributed by atoms with Crippen molar-refractivity contribution in [2.75, 3.05) is 6.26 Å². The number of halogens is 4. The average molecular weight is 415 g/mol. The van der Waals surface area contributed by atoms with E-state index in [-0.39, 0.29) is 16.6 Å². The average Bonchev–Trinajstić information content (AvgIpc) is 2.95. The maximum Gasteiger partial charge on any atom is 0.417 e. The molecule has 0 fully saturated rings. The molecule has 1 amide bonds. The topological polar surface area (TPSA) is 42.3 Å². The zero-order chi connectivity index (χ0) is 18.9. The fourth-order valence-electron chi connectivity index (χ4n) is 2.17. The second-order valence-corrected chi connectivity index (χ2v) is 7.66. The van der Waals surface area contributed by atoms with Crippen LogP contribution in [0, 0.1) is 0 Å². The van der Waals surface area contributed by atoms with Gasteiger partial charge in [-0.25, -0.2) is 0 Å². The van der Waals surface area contributed by atoms with Crippen molar-refractivity contribution >= 4 is 51.5 Å². The van der Waals surface area contributed by atoms with E-state index in [0.29, 0.717) is 14.8 Å². The molecule has 0 atom stereocenters. The Morgan fingerprint density at radius 3 is 2.46 bits per heavy atom. The van der Waals surface area contributed by atoms with Crippen LogP contribution in [0.15, 0.2) is 46.4 Å². The normalized spacial score (nSPS) is 16.3. The third kappa shape index (κ3) is 4.13. The minimum atomic E-state index is -4.49. The van der Waals surface area contributed by atoms with Crippen LogP contribution >= 0.6 is 35.1 Å². The van der Waals surface area contributed by atoms with E-state index in [1.54, 1.807) is 30.3 Å². The maximum absolute atomic E-state index is 12.7. The lowest BCUT2D eigenvalue weighted by Crippen LogP contribution is -2.05. The molecule has 1 aliphatic heterocycles. The number of carbonyl (C=O) groups excluding carboxylic acids is 1. The molecular weight excluding hydrogens is 405 g/mol. The molecule has 0 bridgehead atoms. The van der Waals surface area contributed by atoms with Crippen LogP contribution in [-0.2, 0) is 11.0 Å². The predicted molar refractivity (Wildman–Crippen MR) is 101 cm³/mol. The summed E-state index contributed by atoms with van der Waals surface area (Å²) in [4.78, 5) is 20.0. The zero-order valence-corrected chi connectivity index (χ0v) is 15.6. The van der Waals surface area contributed by atoms with Gasteiger partial charge in [0, 0.05) is 11.8 Å². The molecule has 0 spiro atoms. The summed E-state index contributed by atoms with van der Waals surface area (Å²) in [5.74, 6) is -0.282. The minimum Gasteiger partial charge on any atom is -0.266 e. The van der Waals surface area contributed by atoms with Crippen LogP contribution in [0.25, 0.3) is 17.3 Å². The third-order valence-corrected chi connectivity index (χ3v) is 5.68. The molecule has 1 aromatic heterocycles. The van der Waals surface area contributed by atoms with Crippen molar-refractivity contribution in [3.8, 4) is 11.3 Å². The van der Waals surface area contributed by atoms with Gasteiger partial charge in [0.1, 0.15) is 4.38 Å². The standard InChI is InChI=1S/C17H10ClF3N2OS2/c1-25-16-23-15(24)13(26-16)6-9-2-4-10(5-3-9)14-12(18)7-11(8-22-14)17(19,20)21/h2-8H,1H3/b13-6+. The number of amides is 1. The van der Waals surface area contributed by atoms with Crippen LogP contribution in [0.2, 0.25) is 5.02 Å². The summed E-state index contributed by atoms with van der Waals surface area (Å²) in [5.41, 5.74) is 0.717. The number of rotatable bonds is 2. The Bertz CT molecular complexity index is 925. The van der Waals surface area contributed by atoms with E-state index in [4.69, 9.17) is 11.6 Å². The van der Waals surface area contributed by atoms with Crippen LogP contribution in [-0.4, -0.2) is 21.5 Å². The van der Waals surface area contributed by atoms with Crippen LogP contribution in [0.1, 0.15) is 11.1 Å². The lowest BCUT2D eigenvalue weighted by atomic mass is 10.1. The fourth-order valence-corrected chi connectivity index (χ4v) is 3.87. The van der Waals surface area contributed by atoms with Crippen LogP contribution in [0.4, 0.5) is 13.2 Å². The van der Waals surface area contributed by atoms with E-state index in [1.165, 1.54) is 23.5 Å². The Hall–Kier alpha value is -1.77. The first-order chi connectivity index (χ1) is 12.3. The smallest absolute Gasteiger partial charge is 0.266 e. The maximum atomic E-state index is 12.7. The Labute approximate surface area is 160 Å². The second kappa shape index (κ2) is 7.46. The largest absolute Gasteiger partial charge is 0.417 e. The Morgan fingerprint density at radius 2 is 1.92 bits per heavy atom. The van der Waals surface area contributed by atoms with Gasteiger partial charge < -0.3 is 0 Å². The number of aliphatic imine (C=N–C) groups is 1. The van der Waals surface area contributed by atoms with Crippen molar-refractivity contribution in [2.24, 2.45) is 4.99 Å². The van der Waals surface area contributed by atoms with Crippen LogP contribution < -0.4 is 0 Å². The monoisotopic (exact) mass is 414 g/mol. The molecule has 0 unspecified atom stereocenters. The highest BCUT2D eigenvalue weighted by atomic mass is 35.5. The Kier molecular flexibility index (Phi) is 5.45. The van der Waals surface area contributed by atoms with Gasteiger partial charge in [0.25, 0.3) is 5.91 Å². The van der Waals surface area contributed by atoms with Crippen molar-refractivity contribution in [3.63, 3.8) is 0 Å². The molecule has 3 nitrogen and oxygen atoms in total. The van der Waals surface area contributed by atoms with E-state index < -0.39 is 11.7 Å². The van der Waals surface area contributed by atoms with Crippen molar-refractivity contribution < 1.29 is 18.0 Å². The molecular formula is C17H10ClF3N2OS2. The number of nitrogens with zero attached hydrogens (tertiary/aromatic N) is 2. The molecule has 26 heavy (non-hydrogen) atoms. The highest BCUT2D eigenvalue weighted by Crippen LogP contribution is 2.35. The third-order valence-electron chi connectivity index (χ3n) is 3.43. The van der Waals surface area contributed by atoms with Gasteiger partial charge in [0.15, 0.2) is 0 Å². The lowest BCUT2D eigenvalue weighted by molar-refractivity contribution is -0.137. The number of hydrogen-bond donors (Lipinski definition) is 0. The summed E-state index contributed by atoms with van der Waals surface area (Å²) in [7, 11) is 0. The van der Waals surface area contributed by atoms with E-state index in [1.807, 2.05) is 6.26 Å². The van der Waals surface area contributed by atoms with Gasteiger partial charge in [0.05, 0.1) is 21.2 Å². The van der Waals surface area contributed by atoms with Crippen molar-refractivity contribution in [1.29, 1.82) is 0 Å². The molecule has 0 saturated carbocycles. The summed E-state index contributed by atoms with van der Waals surface area (Å²) >= 11 is 8.67. The molecule has 9 heteroatoms. The van der Waals surface area contributed by atoms with Crippen molar-refractivity contribution in [3.05, 3.63) is 57.6 Å². The van der Waals surface area contributed by atoms with E-state index in [9.17, 15) is 18.0 Å². The molecule has 0 radical (unpaired) electrons. The van der Waals surface area contributed by atoms with Gasteiger partial charge in [-0.15, -0.1) is 11.8 Å². The Balaban J connectivity index is 1.84. The number of benzene rings is 1. The first kappa shape index (κ1) is 19.0. The molecule has 1 aliphatic rings. The van der Waals surface area contributed by atoms with Gasteiger partial charge >= 0.3 is 6.18 Å². The lowest BCUT2D eigenvalue weighted by Gasteiger charge is -2.09. The minimum absolute atomic E-state index is 0.0783. The molecule has 0 saturated heterocycles. The van der Waals surface area contributed by atoms with Crippen LogP contribution in [0.3, 0.4) is 0 Å². The first-order valence-electron chi connectivity index (χ1n) is 7.17. The molecule has 1 aromatic carbocycles. The van der Waals surface area contributed by atoms with E-state index >= 15 is 0 Å². The summed E-state index contributed by atoms with van der Waals surface area (Å²) in [6.07, 6.45) is -0.177. The summed E-state index contributed by atoms with van der Waals surface area (Å²) < 4.78 is 38.8. The van der Waals surface area contributed by atoms with Gasteiger partial charge in [0.2, 0.25) is 0 Å². The number of carbonyl (C=O) groups is 1. The summed E-state index contributed by atoms with van der Waals surface area (Å²) in [5, 5.41) is -0.0783. The fraction of sp³-hybridized carbons (Fsp3) is 0.118. The molecule has 2 heterocycles. The number of thioether (sulfide) groups is 2.